The zero-order valence-electron chi connectivity index (χ0n) is 12.8. The molecule has 0 heterocycles. The summed E-state index contributed by atoms with van der Waals surface area (Å²) in [5.41, 5.74) is 0.592. The molecular formula is C15H23ClFNO2S. The van der Waals surface area contributed by atoms with Crippen molar-refractivity contribution in [3.63, 3.8) is 0 Å². The second kappa shape index (κ2) is 8.11. The van der Waals surface area contributed by atoms with E-state index in [4.69, 9.17) is 11.6 Å². The third kappa shape index (κ3) is 4.66. The molecule has 1 aromatic carbocycles. The number of halogens is 2. The first-order valence-corrected chi connectivity index (χ1v) is 9.18. The lowest BCUT2D eigenvalue weighted by Gasteiger charge is -2.26. The van der Waals surface area contributed by atoms with Crippen LogP contribution in [0.4, 0.5) is 4.39 Å². The van der Waals surface area contributed by atoms with Gasteiger partial charge in [-0.25, -0.2) is 12.8 Å². The fourth-order valence-corrected chi connectivity index (χ4v) is 4.09. The minimum Gasteiger partial charge on any atom is -0.207 e. The normalized spacial score (nSPS) is 12.3. The van der Waals surface area contributed by atoms with Crippen LogP contribution in [0.1, 0.15) is 45.6 Å². The molecule has 0 aliphatic rings. The van der Waals surface area contributed by atoms with Crippen LogP contribution in [-0.2, 0) is 15.9 Å². The highest BCUT2D eigenvalue weighted by atomic mass is 35.5. The van der Waals surface area contributed by atoms with Crippen LogP contribution in [0.3, 0.4) is 0 Å². The van der Waals surface area contributed by atoms with Crippen LogP contribution >= 0.6 is 11.6 Å². The molecule has 3 nitrogen and oxygen atoms in total. The van der Waals surface area contributed by atoms with Crippen molar-refractivity contribution in [2.75, 3.05) is 6.54 Å². The molecule has 0 bridgehead atoms. The Hall–Kier alpha value is -0.650. The first-order valence-electron chi connectivity index (χ1n) is 7.20. The van der Waals surface area contributed by atoms with Crippen molar-refractivity contribution in [3.05, 3.63) is 29.6 Å². The second-order valence-electron chi connectivity index (χ2n) is 5.32. The number of nitrogens with zero attached hydrogens (tertiary/aromatic N) is 1. The molecule has 0 aromatic heterocycles. The average Bonchev–Trinajstić information content (AvgIpc) is 2.43. The predicted molar refractivity (Wildman–Crippen MR) is 84.5 cm³/mol. The average molecular weight is 336 g/mol. The van der Waals surface area contributed by atoms with Crippen molar-refractivity contribution in [1.82, 2.24) is 4.31 Å². The van der Waals surface area contributed by atoms with Crippen molar-refractivity contribution >= 4 is 21.6 Å². The van der Waals surface area contributed by atoms with Gasteiger partial charge in [0.25, 0.3) is 0 Å². The van der Waals surface area contributed by atoms with E-state index in [0.29, 0.717) is 12.1 Å². The Bertz CT molecular complexity index is 561. The van der Waals surface area contributed by atoms with Crippen LogP contribution in [-0.4, -0.2) is 25.3 Å². The molecule has 120 valence electrons. The number of sulfonamides is 1. The van der Waals surface area contributed by atoms with Crippen molar-refractivity contribution in [2.24, 2.45) is 0 Å². The Morgan fingerprint density at radius 1 is 1.29 bits per heavy atom. The van der Waals surface area contributed by atoms with Crippen molar-refractivity contribution in [3.8, 4) is 0 Å². The number of rotatable bonds is 8. The number of benzene rings is 1. The monoisotopic (exact) mass is 335 g/mol. The summed E-state index contributed by atoms with van der Waals surface area (Å²) in [7, 11) is -3.84. The highest BCUT2D eigenvalue weighted by Crippen LogP contribution is 2.23. The molecule has 0 fully saturated rings. The second-order valence-corrected chi connectivity index (χ2v) is 7.44. The predicted octanol–water partition coefficient (Wildman–Crippen LogP) is 4.15. The molecule has 0 saturated heterocycles. The summed E-state index contributed by atoms with van der Waals surface area (Å²) in [4.78, 5) is -0.286. The maximum absolute atomic E-state index is 14.0. The smallest absolute Gasteiger partial charge is 0.207 e. The van der Waals surface area contributed by atoms with Crippen molar-refractivity contribution in [2.45, 2.75) is 56.9 Å². The molecule has 0 unspecified atom stereocenters. The fraction of sp³-hybridized carbons (Fsp3) is 0.600. The zero-order chi connectivity index (χ0) is 16.0. The highest BCUT2D eigenvalue weighted by Gasteiger charge is 2.29. The van der Waals surface area contributed by atoms with Gasteiger partial charge >= 0.3 is 0 Å². The summed E-state index contributed by atoms with van der Waals surface area (Å²) in [5, 5.41) is 0. The van der Waals surface area contributed by atoms with Gasteiger partial charge in [-0.15, -0.1) is 11.6 Å². The lowest BCUT2D eigenvalue weighted by Crippen LogP contribution is -2.38. The van der Waals surface area contributed by atoms with Crippen LogP contribution in [0.2, 0.25) is 0 Å². The molecule has 0 amide bonds. The maximum atomic E-state index is 14.0. The number of hydrogen-bond donors (Lipinski definition) is 0. The van der Waals surface area contributed by atoms with Gasteiger partial charge in [-0.05, 0) is 38.0 Å². The van der Waals surface area contributed by atoms with E-state index >= 15 is 0 Å². The van der Waals surface area contributed by atoms with E-state index in [1.807, 2.05) is 0 Å². The summed E-state index contributed by atoms with van der Waals surface area (Å²) in [5.74, 6) is -0.578. The van der Waals surface area contributed by atoms with Gasteiger partial charge in [0, 0.05) is 18.5 Å². The molecule has 0 spiro atoms. The van der Waals surface area contributed by atoms with Gasteiger partial charge in [-0.3, -0.25) is 0 Å². The molecule has 21 heavy (non-hydrogen) atoms. The minimum absolute atomic E-state index is 0.153. The van der Waals surface area contributed by atoms with E-state index in [0.717, 1.165) is 25.3 Å². The summed E-state index contributed by atoms with van der Waals surface area (Å²) < 4.78 is 40.7. The van der Waals surface area contributed by atoms with Gasteiger partial charge in [-0.1, -0.05) is 25.8 Å². The maximum Gasteiger partial charge on any atom is 0.246 e. The van der Waals surface area contributed by atoms with Crippen LogP contribution in [0.25, 0.3) is 0 Å². The van der Waals surface area contributed by atoms with E-state index in [9.17, 15) is 12.8 Å². The summed E-state index contributed by atoms with van der Waals surface area (Å²) in [6, 6.07) is 3.77. The quantitative estimate of drug-likeness (QED) is 0.528. The fourth-order valence-electron chi connectivity index (χ4n) is 2.13. The van der Waals surface area contributed by atoms with E-state index in [-0.39, 0.29) is 16.8 Å². The first kappa shape index (κ1) is 18.4. The highest BCUT2D eigenvalue weighted by molar-refractivity contribution is 7.89. The Balaban J connectivity index is 3.16. The molecular weight excluding hydrogens is 313 g/mol. The lowest BCUT2D eigenvalue weighted by molar-refractivity contribution is 0.344. The molecule has 1 rings (SSSR count). The van der Waals surface area contributed by atoms with E-state index in [1.165, 1.54) is 16.4 Å². The van der Waals surface area contributed by atoms with Crippen molar-refractivity contribution in [1.29, 1.82) is 0 Å². The molecule has 1 aromatic rings. The zero-order valence-corrected chi connectivity index (χ0v) is 14.3. The first-order chi connectivity index (χ1) is 9.84. The largest absolute Gasteiger partial charge is 0.246 e. The summed E-state index contributed by atoms with van der Waals surface area (Å²) in [6.07, 6.45) is 2.72. The molecule has 0 saturated carbocycles. The van der Waals surface area contributed by atoms with Crippen LogP contribution in [0.15, 0.2) is 23.1 Å². The van der Waals surface area contributed by atoms with Crippen LogP contribution in [0, 0.1) is 5.82 Å². The van der Waals surface area contributed by atoms with Gasteiger partial charge < -0.3 is 0 Å². The standard InChI is InChI=1S/C15H23ClFNO2S/c1-4-5-6-9-18(12(2)3)21(19,20)15-10-13(11-16)7-8-14(15)17/h7-8,10,12H,4-6,9,11H2,1-3H3. The Morgan fingerprint density at radius 2 is 1.95 bits per heavy atom. The number of hydrogen-bond acceptors (Lipinski definition) is 2. The van der Waals surface area contributed by atoms with Gasteiger partial charge in [0.2, 0.25) is 10.0 Å². The van der Waals surface area contributed by atoms with E-state index in [1.54, 1.807) is 13.8 Å². The molecule has 0 aliphatic heterocycles. The Kier molecular flexibility index (Phi) is 7.10. The SMILES string of the molecule is CCCCCN(C(C)C)S(=O)(=O)c1cc(CCl)ccc1F. The molecule has 0 aliphatic carbocycles. The van der Waals surface area contributed by atoms with Crippen molar-refractivity contribution < 1.29 is 12.8 Å². The molecule has 0 atom stereocenters. The van der Waals surface area contributed by atoms with Gasteiger partial charge in [0.15, 0.2) is 0 Å². The van der Waals surface area contributed by atoms with Crippen LogP contribution in [0.5, 0.6) is 0 Å². The van der Waals surface area contributed by atoms with Gasteiger partial charge in [-0.2, -0.15) is 4.31 Å². The van der Waals surface area contributed by atoms with Gasteiger partial charge in [0.1, 0.15) is 10.7 Å². The topological polar surface area (TPSA) is 37.4 Å². The summed E-state index contributed by atoms with van der Waals surface area (Å²) >= 11 is 5.71. The third-order valence-electron chi connectivity index (χ3n) is 3.29. The molecule has 6 heteroatoms. The number of unbranched alkanes of at least 4 members (excludes halogenated alkanes) is 2. The molecule has 0 radical (unpaired) electrons. The third-order valence-corrected chi connectivity index (χ3v) is 5.69. The van der Waals surface area contributed by atoms with Gasteiger partial charge in [0.05, 0.1) is 0 Å². The van der Waals surface area contributed by atoms with E-state index < -0.39 is 15.8 Å². The molecule has 0 N–H and O–H groups in total. The number of alkyl halides is 1. The summed E-state index contributed by atoms with van der Waals surface area (Å²) in [6.45, 7) is 6.05. The Morgan fingerprint density at radius 3 is 2.48 bits per heavy atom. The minimum atomic E-state index is -3.84. The van der Waals surface area contributed by atoms with Crippen LogP contribution < -0.4 is 0 Å². The lowest BCUT2D eigenvalue weighted by atomic mass is 10.2. The van der Waals surface area contributed by atoms with E-state index in [2.05, 4.69) is 6.92 Å². The Labute approximate surface area is 132 Å².